The maximum atomic E-state index is 12.3. The Morgan fingerprint density at radius 1 is 1.12 bits per heavy atom. The molecule has 0 radical (unpaired) electrons. The smallest absolute Gasteiger partial charge is 0.230 e. The van der Waals surface area contributed by atoms with Crippen LogP contribution in [0.4, 0.5) is 5.69 Å². The fourth-order valence-corrected chi connectivity index (χ4v) is 3.51. The van der Waals surface area contributed by atoms with Gasteiger partial charge in [-0.25, -0.2) is 0 Å². The van der Waals surface area contributed by atoms with Gasteiger partial charge in [-0.2, -0.15) is 0 Å². The van der Waals surface area contributed by atoms with Gasteiger partial charge >= 0.3 is 0 Å². The molecule has 2 N–H and O–H groups in total. The summed E-state index contributed by atoms with van der Waals surface area (Å²) in [6.45, 7) is 1.85. The number of nitrogens with zero attached hydrogens (tertiary/aromatic N) is 1. The molecule has 1 fully saturated rings. The van der Waals surface area contributed by atoms with Crippen LogP contribution in [0, 0.1) is 5.92 Å². The van der Waals surface area contributed by atoms with Crippen molar-refractivity contribution in [3.8, 4) is 0 Å². The second kappa shape index (κ2) is 8.92. The lowest BCUT2D eigenvalue weighted by Gasteiger charge is -2.28. The zero-order valence-corrected chi connectivity index (χ0v) is 15.9. The average Bonchev–Trinajstić information content (AvgIpc) is 2.64. The summed E-state index contributed by atoms with van der Waals surface area (Å²) in [5, 5.41) is 6.29. The molecule has 0 spiro atoms. The molecule has 26 heavy (non-hydrogen) atoms. The van der Waals surface area contributed by atoms with E-state index in [-0.39, 0.29) is 11.8 Å². The molecule has 1 amide bonds. The van der Waals surface area contributed by atoms with Crippen LogP contribution in [0.2, 0.25) is 0 Å². The molecule has 136 valence electrons. The van der Waals surface area contributed by atoms with Crippen LogP contribution in [0.3, 0.4) is 0 Å². The van der Waals surface area contributed by atoms with Gasteiger partial charge in [-0.1, -0.05) is 42.5 Å². The number of anilines is 1. The van der Waals surface area contributed by atoms with Crippen LogP contribution in [-0.4, -0.2) is 36.1 Å². The largest absolute Gasteiger partial charge is 0.332 e. The Morgan fingerprint density at radius 3 is 2.50 bits per heavy atom. The molecule has 0 aliphatic carbocycles. The van der Waals surface area contributed by atoms with Gasteiger partial charge < -0.3 is 15.5 Å². The van der Waals surface area contributed by atoms with Gasteiger partial charge in [0.25, 0.3) is 0 Å². The molecule has 1 aliphatic heterocycles. The van der Waals surface area contributed by atoms with Gasteiger partial charge in [-0.05, 0) is 68.3 Å². The Kier molecular flexibility index (Phi) is 6.36. The van der Waals surface area contributed by atoms with Gasteiger partial charge in [-0.15, -0.1) is 0 Å². The number of carbonyl (C=O) groups excluding carboxylic acids is 1. The van der Waals surface area contributed by atoms with Crippen LogP contribution in [0.1, 0.15) is 24.0 Å². The number of benzene rings is 2. The SMILES string of the molecule is CN1CCCC(C(=O)NC(=S)Nc2ccc(Cc3ccccc3)cc2)C1. The number of hydrogen-bond donors (Lipinski definition) is 2. The molecule has 1 saturated heterocycles. The molecule has 1 heterocycles. The van der Waals surface area contributed by atoms with E-state index in [9.17, 15) is 4.79 Å². The van der Waals surface area contributed by atoms with Crippen molar-refractivity contribution < 1.29 is 4.79 Å². The Hall–Kier alpha value is -2.24. The van der Waals surface area contributed by atoms with E-state index >= 15 is 0 Å². The highest BCUT2D eigenvalue weighted by Crippen LogP contribution is 2.16. The standard InChI is InChI=1S/C21H25N3OS/c1-24-13-5-8-18(15-24)20(25)23-21(26)22-19-11-9-17(10-12-19)14-16-6-3-2-4-7-16/h2-4,6-7,9-12,18H,5,8,13-15H2,1H3,(H2,22,23,25,26). The summed E-state index contributed by atoms with van der Waals surface area (Å²) in [5.74, 6) is 0.0245. The number of thiocarbonyl (C=S) groups is 1. The van der Waals surface area contributed by atoms with E-state index in [0.29, 0.717) is 5.11 Å². The lowest BCUT2D eigenvalue weighted by molar-refractivity contribution is -0.125. The van der Waals surface area contributed by atoms with Gasteiger partial charge in [0.05, 0.1) is 5.92 Å². The Balaban J connectivity index is 1.50. The van der Waals surface area contributed by atoms with Crippen LogP contribution in [-0.2, 0) is 11.2 Å². The second-order valence-corrected chi connectivity index (χ2v) is 7.31. The van der Waals surface area contributed by atoms with Crippen molar-refractivity contribution in [3.05, 3.63) is 65.7 Å². The third-order valence-electron chi connectivity index (χ3n) is 4.69. The van der Waals surface area contributed by atoms with Crippen molar-refractivity contribution in [2.75, 3.05) is 25.5 Å². The minimum absolute atomic E-state index is 0.00903. The molecule has 4 nitrogen and oxygen atoms in total. The number of hydrogen-bond acceptors (Lipinski definition) is 3. The molecule has 1 unspecified atom stereocenters. The second-order valence-electron chi connectivity index (χ2n) is 6.90. The van der Waals surface area contributed by atoms with Gasteiger partial charge in [0, 0.05) is 12.2 Å². The van der Waals surface area contributed by atoms with E-state index in [4.69, 9.17) is 12.2 Å². The van der Waals surface area contributed by atoms with Crippen LogP contribution < -0.4 is 10.6 Å². The minimum atomic E-state index is 0.00903. The molecule has 0 saturated carbocycles. The summed E-state index contributed by atoms with van der Waals surface area (Å²) in [7, 11) is 2.05. The molecule has 2 aromatic rings. The van der Waals surface area contributed by atoms with Crippen LogP contribution in [0.15, 0.2) is 54.6 Å². The van der Waals surface area contributed by atoms with Crippen molar-refractivity contribution >= 4 is 28.9 Å². The van der Waals surface area contributed by atoms with Crippen molar-refractivity contribution in [2.24, 2.45) is 5.92 Å². The Labute approximate surface area is 160 Å². The molecule has 3 rings (SSSR count). The quantitative estimate of drug-likeness (QED) is 0.813. The van der Waals surface area contributed by atoms with Crippen LogP contribution >= 0.6 is 12.2 Å². The molecule has 0 aromatic heterocycles. The summed E-state index contributed by atoms with van der Waals surface area (Å²) in [4.78, 5) is 14.5. The zero-order valence-electron chi connectivity index (χ0n) is 15.1. The molecule has 1 aliphatic rings. The van der Waals surface area contributed by atoms with Gasteiger partial charge in [-0.3, -0.25) is 4.79 Å². The lowest BCUT2D eigenvalue weighted by atomic mass is 9.98. The molecule has 1 atom stereocenters. The number of amides is 1. The molecule has 5 heteroatoms. The third kappa shape index (κ3) is 5.38. The highest BCUT2D eigenvalue weighted by molar-refractivity contribution is 7.80. The van der Waals surface area contributed by atoms with Crippen molar-refractivity contribution in [2.45, 2.75) is 19.3 Å². The van der Waals surface area contributed by atoms with Crippen molar-refractivity contribution in [3.63, 3.8) is 0 Å². The first kappa shape index (κ1) is 18.5. The number of rotatable bonds is 4. The van der Waals surface area contributed by atoms with E-state index in [2.05, 4.69) is 51.9 Å². The van der Waals surface area contributed by atoms with E-state index in [1.165, 1.54) is 11.1 Å². The van der Waals surface area contributed by atoms with Crippen molar-refractivity contribution in [1.29, 1.82) is 0 Å². The number of likely N-dealkylation sites (tertiary alicyclic amines) is 1. The normalized spacial score (nSPS) is 17.5. The maximum absolute atomic E-state index is 12.3. The molecule has 0 bridgehead atoms. The topological polar surface area (TPSA) is 44.4 Å². The van der Waals surface area contributed by atoms with E-state index in [1.54, 1.807) is 0 Å². The van der Waals surface area contributed by atoms with Gasteiger partial charge in [0.15, 0.2) is 5.11 Å². The Morgan fingerprint density at radius 2 is 1.81 bits per heavy atom. The summed E-state index contributed by atoms with van der Waals surface area (Å²) in [5.41, 5.74) is 3.41. The maximum Gasteiger partial charge on any atom is 0.230 e. The lowest BCUT2D eigenvalue weighted by Crippen LogP contribution is -2.44. The van der Waals surface area contributed by atoms with E-state index in [1.807, 2.05) is 25.2 Å². The van der Waals surface area contributed by atoms with Crippen molar-refractivity contribution in [1.82, 2.24) is 10.2 Å². The molecular formula is C21H25N3OS. The third-order valence-corrected chi connectivity index (χ3v) is 4.90. The monoisotopic (exact) mass is 367 g/mol. The minimum Gasteiger partial charge on any atom is -0.332 e. The number of carbonyl (C=O) groups is 1. The highest BCUT2D eigenvalue weighted by atomic mass is 32.1. The summed E-state index contributed by atoms with van der Waals surface area (Å²) in [6, 6.07) is 18.5. The summed E-state index contributed by atoms with van der Waals surface area (Å²) < 4.78 is 0. The molecular weight excluding hydrogens is 342 g/mol. The zero-order chi connectivity index (χ0) is 18.4. The van der Waals surface area contributed by atoms with Gasteiger partial charge in [0.2, 0.25) is 5.91 Å². The predicted molar refractivity (Wildman–Crippen MR) is 110 cm³/mol. The summed E-state index contributed by atoms with van der Waals surface area (Å²) >= 11 is 5.29. The highest BCUT2D eigenvalue weighted by Gasteiger charge is 2.24. The van der Waals surface area contributed by atoms with E-state index < -0.39 is 0 Å². The number of piperidine rings is 1. The average molecular weight is 368 g/mol. The molecule has 2 aromatic carbocycles. The summed E-state index contributed by atoms with van der Waals surface area (Å²) in [6.07, 6.45) is 2.88. The fraction of sp³-hybridized carbons (Fsp3) is 0.333. The fourth-order valence-electron chi connectivity index (χ4n) is 3.29. The Bertz CT molecular complexity index is 746. The first-order valence-electron chi connectivity index (χ1n) is 9.03. The van der Waals surface area contributed by atoms with Gasteiger partial charge in [0.1, 0.15) is 0 Å². The van der Waals surface area contributed by atoms with E-state index in [0.717, 1.165) is 38.0 Å². The van der Waals surface area contributed by atoms with Crippen LogP contribution in [0.5, 0.6) is 0 Å². The van der Waals surface area contributed by atoms with Crippen LogP contribution in [0.25, 0.3) is 0 Å². The first-order chi connectivity index (χ1) is 12.6. The predicted octanol–water partition coefficient (Wildman–Crippen LogP) is 3.43. The first-order valence-corrected chi connectivity index (χ1v) is 9.44. The number of nitrogens with one attached hydrogen (secondary N) is 2.